The van der Waals surface area contributed by atoms with E-state index in [0.717, 1.165) is 17.8 Å². The van der Waals surface area contributed by atoms with Gasteiger partial charge in [-0.15, -0.1) is 0 Å². The molecule has 1 fully saturated rings. The van der Waals surface area contributed by atoms with E-state index in [2.05, 4.69) is 67.7 Å². The first-order valence-electron chi connectivity index (χ1n) is 26.1. The van der Waals surface area contributed by atoms with E-state index in [1.165, 1.54) is 270 Å². The molecule has 324 valence electrons. The molecule has 0 aromatic carbocycles. The number of hydrogen-bond acceptors (Lipinski definition) is 0. The van der Waals surface area contributed by atoms with E-state index in [1.807, 2.05) is 0 Å². The zero-order valence-corrected chi connectivity index (χ0v) is 38.2. The van der Waals surface area contributed by atoms with Crippen molar-refractivity contribution in [2.75, 3.05) is 0 Å². The zero-order valence-electron chi connectivity index (χ0n) is 38.2. The highest BCUT2D eigenvalue weighted by Gasteiger charge is 2.32. The van der Waals surface area contributed by atoms with Crippen molar-refractivity contribution in [3.8, 4) is 0 Å². The lowest BCUT2D eigenvalue weighted by Gasteiger charge is -2.09. The van der Waals surface area contributed by atoms with E-state index in [9.17, 15) is 0 Å². The van der Waals surface area contributed by atoms with Gasteiger partial charge >= 0.3 is 0 Å². The summed E-state index contributed by atoms with van der Waals surface area (Å²) in [5, 5.41) is 0. The fourth-order valence-electron chi connectivity index (χ4n) is 9.34. The van der Waals surface area contributed by atoms with Crippen LogP contribution in [0.2, 0.25) is 0 Å². The van der Waals surface area contributed by atoms with Gasteiger partial charge in [0, 0.05) is 0 Å². The average molecular weight is 773 g/mol. The molecular weight excluding hydrogens is 673 g/mol. The Labute approximate surface area is 353 Å². The lowest BCUT2D eigenvalue weighted by molar-refractivity contribution is 0.493. The maximum Gasteiger partial charge on any atom is -0.0202 e. The van der Waals surface area contributed by atoms with Gasteiger partial charge in [0.2, 0.25) is 0 Å². The second-order valence-electron chi connectivity index (χ2n) is 18.8. The number of hydrogen-bond donors (Lipinski definition) is 0. The maximum atomic E-state index is 2.40. The summed E-state index contributed by atoms with van der Waals surface area (Å²) in [4.78, 5) is 0. The van der Waals surface area contributed by atoms with Crippen molar-refractivity contribution in [2.24, 2.45) is 17.8 Å². The van der Waals surface area contributed by atoms with Crippen molar-refractivity contribution in [3.63, 3.8) is 0 Å². The zero-order chi connectivity index (χ0) is 39.5. The molecule has 56 heavy (non-hydrogen) atoms. The third-order valence-corrected chi connectivity index (χ3v) is 13.2. The molecule has 6 aliphatic carbocycles. The minimum absolute atomic E-state index is 0.958. The predicted molar refractivity (Wildman–Crippen MR) is 256 cm³/mol. The summed E-state index contributed by atoms with van der Waals surface area (Å²) in [5.74, 6) is 2.92. The van der Waals surface area contributed by atoms with E-state index < -0.39 is 0 Å². The van der Waals surface area contributed by atoms with Crippen molar-refractivity contribution >= 4 is 0 Å². The van der Waals surface area contributed by atoms with Crippen LogP contribution in [-0.2, 0) is 0 Å². The highest BCUT2D eigenvalue weighted by Crippen LogP contribution is 2.42. The average Bonchev–Trinajstić information content (AvgIpc) is 3.80. The van der Waals surface area contributed by atoms with Crippen LogP contribution < -0.4 is 0 Å². The molecule has 0 saturated heterocycles. The molecule has 0 nitrogen and oxygen atoms in total. The van der Waals surface area contributed by atoms with Gasteiger partial charge in [0.25, 0.3) is 0 Å². The molecule has 2 bridgehead atoms. The van der Waals surface area contributed by atoms with Crippen LogP contribution in [0.5, 0.6) is 0 Å². The van der Waals surface area contributed by atoms with Gasteiger partial charge in [-0.25, -0.2) is 0 Å². The largest absolute Gasteiger partial charge is 0.0885 e. The molecule has 0 aromatic heterocycles. The molecule has 0 heteroatoms. The van der Waals surface area contributed by atoms with Crippen LogP contribution in [0.15, 0.2) is 60.8 Å². The Morgan fingerprint density at radius 3 is 0.554 bits per heavy atom. The molecule has 0 aromatic rings. The number of allylic oxidation sites excluding steroid dienone is 10. The molecule has 3 atom stereocenters. The Bertz CT molecular complexity index is 754. The fraction of sp³-hybridized carbons (Fsp3) is 0.821. The second kappa shape index (κ2) is 41.8. The van der Waals surface area contributed by atoms with Crippen molar-refractivity contribution in [3.05, 3.63) is 60.8 Å². The van der Waals surface area contributed by atoms with Crippen LogP contribution in [0.25, 0.3) is 0 Å². The highest BCUT2D eigenvalue weighted by molar-refractivity contribution is 5.09. The lowest BCUT2D eigenvalue weighted by atomic mass is 9.96. The van der Waals surface area contributed by atoms with Crippen LogP contribution in [0.3, 0.4) is 0 Å². The second-order valence-corrected chi connectivity index (χ2v) is 18.8. The van der Waals surface area contributed by atoms with Crippen molar-refractivity contribution < 1.29 is 0 Å². The molecular formula is C56H100. The van der Waals surface area contributed by atoms with Gasteiger partial charge in [-0.05, 0) is 133 Å². The minimum atomic E-state index is 0.958. The van der Waals surface area contributed by atoms with Gasteiger partial charge in [0.15, 0.2) is 0 Å². The number of fused-ring (bicyclic) bond motifs is 2. The fourth-order valence-corrected chi connectivity index (χ4v) is 9.34. The first-order valence-corrected chi connectivity index (χ1v) is 26.1. The smallest absolute Gasteiger partial charge is 0.0202 e. The molecule has 0 heterocycles. The van der Waals surface area contributed by atoms with Crippen molar-refractivity contribution in [1.29, 1.82) is 0 Å². The SMILES string of the molecule is C1=C/CCCCCCCCCC/1.C1=C/CCCCCCCCCC/1.C1=C/CCCCCCCCCC/1.C1=C/CCCCCCCCCC/1.CC1CC2C=CC1C2. The first kappa shape index (κ1) is 50.8. The summed E-state index contributed by atoms with van der Waals surface area (Å²) in [5.41, 5.74) is 0. The molecule has 0 amide bonds. The molecule has 0 aliphatic heterocycles. The van der Waals surface area contributed by atoms with Crippen LogP contribution >= 0.6 is 0 Å². The Balaban J connectivity index is 0.000000243. The topological polar surface area (TPSA) is 0 Å². The summed E-state index contributed by atoms with van der Waals surface area (Å²) >= 11 is 0. The van der Waals surface area contributed by atoms with E-state index in [1.54, 1.807) is 0 Å². The summed E-state index contributed by atoms with van der Waals surface area (Å²) in [6.07, 6.45) is 83.7. The summed E-state index contributed by atoms with van der Waals surface area (Å²) in [6.45, 7) is 2.37. The van der Waals surface area contributed by atoms with Crippen LogP contribution in [-0.4, -0.2) is 0 Å². The molecule has 0 spiro atoms. The summed E-state index contributed by atoms with van der Waals surface area (Å²) < 4.78 is 0. The Morgan fingerprint density at radius 2 is 0.429 bits per heavy atom. The van der Waals surface area contributed by atoms with E-state index in [0.29, 0.717) is 0 Å². The standard InChI is InChI=1S/4C12H22.C8H12/c4*1-2-4-6-8-10-12-11-9-7-5-3-1;1-6-4-7-2-3-8(6)5-7/h4*1-2H,3-12H2;2-3,6-8H,4-5H2,1H3/b4*2-1+;. The molecule has 1 saturated carbocycles. The maximum absolute atomic E-state index is 2.40. The Morgan fingerprint density at radius 1 is 0.232 bits per heavy atom. The monoisotopic (exact) mass is 773 g/mol. The Kier molecular flexibility index (Phi) is 38.0. The lowest BCUT2D eigenvalue weighted by Crippen LogP contribution is -1.99. The van der Waals surface area contributed by atoms with Gasteiger partial charge in [-0.2, -0.15) is 0 Å². The van der Waals surface area contributed by atoms with Crippen LogP contribution in [0.4, 0.5) is 0 Å². The molecule has 6 rings (SSSR count). The van der Waals surface area contributed by atoms with Gasteiger partial charge in [0.1, 0.15) is 0 Å². The Hall–Kier alpha value is -1.30. The highest BCUT2D eigenvalue weighted by atomic mass is 14.4. The van der Waals surface area contributed by atoms with Gasteiger partial charge in [-0.1, -0.05) is 222 Å². The predicted octanol–water partition coefficient (Wildman–Crippen LogP) is 20.0. The first-order chi connectivity index (χ1) is 27.9. The van der Waals surface area contributed by atoms with Gasteiger partial charge < -0.3 is 0 Å². The van der Waals surface area contributed by atoms with Crippen molar-refractivity contribution in [2.45, 2.75) is 277 Å². The van der Waals surface area contributed by atoms with Gasteiger partial charge in [-0.3, -0.25) is 0 Å². The van der Waals surface area contributed by atoms with E-state index in [4.69, 9.17) is 0 Å². The van der Waals surface area contributed by atoms with Crippen molar-refractivity contribution in [1.82, 2.24) is 0 Å². The van der Waals surface area contributed by atoms with E-state index in [-0.39, 0.29) is 0 Å². The third-order valence-electron chi connectivity index (χ3n) is 13.2. The summed E-state index contributed by atoms with van der Waals surface area (Å²) in [7, 11) is 0. The van der Waals surface area contributed by atoms with E-state index >= 15 is 0 Å². The third kappa shape index (κ3) is 34.7. The normalized spacial score (nSPS) is 29.0. The molecule has 0 N–H and O–H groups in total. The summed E-state index contributed by atoms with van der Waals surface area (Å²) in [6, 6.07) is 0. The van der Waals surface area contributed by atoms with Gasteiger partial charge in [0.05, 0.1) is 0 Å². The quantitative estimate of drug-likeness (QED) is 0.215. The minimum Gasteiger partial charge on any atom is -0.0885 e. The van der Waals surface area contributed by atoms with Crippen LogP contribution in [0, 0.1) is 17.8 Å². The molecule has 0 radical (unpaired) electrons. The molecule has 3 unspecified atom stereocenters. The molecule has 6 aliphatic rings. The van der Waals surface area contributed by atoms with Crippen LogP contribution in [0.1, 0.15) is 277 Å². The number of rotatable bonds is 0.